The van der Waals surface area contributed by atoms with Crippen LogP contribution in [0.2, 0.25) is 0 Å². The van der Waals surface area contributed by atoms with Crippen LogP contribution in [0.15, 0.2) is 109 Å². The molecule has 0 atom stereocenters. The van der Waals surface area contributed by atoms with E-state index >= 15 is 0 Å². The number of H-pyrrole nitrogens is 1. The van der Waals surface area contributed by atoms with Gasteiger partial charge in [-0.05, 0) is 75.8 Å². The fourth-order valence-electron chi connectivity index (χ4n) is 5.78. The van der Waals surface area contributed by atoms with Gasteiger partial charge in [-0.25, -0.2) is 0 Å². The van der Waals surface area contributed by atoms with E-state index in [1.807, 2.05) is 0 Å². The Labute approximate surface area is 215 Å². The maximum atomic E-state index is 6.89. The molecule has 7 rings (SSSR count). The lowest BCUT2D eigenvalue weighted by Crippen LogP contribution is -2.15. The Morgan fingerprint density at radius 3 is 2.11 bits per heavy atom. The van der Waals surface area contributed by atoms with Gasteiger partial charge in [-0.2, -0.15) is 0 Å². The summed E-state index contributed by atoms with van der Waals surface area (Å²) in [5.41, 5.74) is 11.9. The second-order valence-corrected chi connectivity index (χ2v) is 10.5. The van der Waals surface area contributed by atoms with Crippen molar-refractivity contribution >= 4 is 45.0 Å². The maximum absolute atomic E-state index is 6.89. The minimum absolute atomic E-state index is 0.0510. The van der Waals surface area contributed by atoms with E-state index in [2.05, 4.69) is 128 Å². The van der Waals surface area contributed by atoms with E-state index in [0.717, 1.165) is 16.9 Å². The first kappa shape index (κ1) is 21.3. The quantitative estimate of drug-likeness (QED) is 0.248. The molecule has 0 saturated heterocycles. The van der Waals surface area contributed by atoms with Crippen molar-refractivity contribution in [2.24, 2.45) is 0 Å². The molecule has 1 N–H and O–H groups in total. The molecule has 1 aliphatic rings. The molecular formula is C33H25ClN2. The van der Waals surface area contributed by atoms with E-state index in [4.69, 9.17) is 11.8 Å². The van der Waals surface area contributed by atoms with E-state index in [1.165, 1.54) is 49.7 Å². The van der Waals surface area contributed by atoms with Crippen molar-refractivity contribution < 1.29 is 0 Å². The Morgan fingerprint density at radius 1 is 0.583 bits per heavy atom. The zero-order valence-corrected chi connectivity index (χ0v) is 21.0. The summed E-state index contributed by atoms with van der Waals surface area (Å²) in [6, 6.07) is 38.8. The van der Waals surface area contributed by atoms with Crippen molar-refractivity contribution in [1.29, 1.82) is 0 Å². The van der Waals surface area contributed by atoms with Crippen LogP contribution in [0.25, 0.3) is 44.1 Å². The molecule has 174 valence electrons. The lowest BCUT2D eigenvalue weighted by molar-refractivity contribution is 0.660. The Kier molecular flexibility index (Phi) is 4.58. The van der Waals surface area contributed by atoms with Crippen LogP contribution in [0, 0.1) is 0 Å². The molecule has 5 aromatic carbocycles. The number of hydrogen-bond acceptors (Lipinski definition) is 1. The number of benzene rings is 5. The molecular weight excluding hydrogens is 460 g/mol. The van der Waals surface area contributed by atoms with Crippen molar-refractivity contribution in [3.63, 3.8) is 0 Å². The highest BCUT2D eigenvalue weighted by Crippen LogP contribution is 2.50. The van der Waals surface area contributed by atoms with Gasteiger partial charge in [-0.15, -0.1) is 0 Å². The predicted molar refractivity (Wildman–Crippen MR) is 153 cm³/mol. The second-order valence-electron chi connectivity index (χ2n) is 10.2. The van der Waals surface area contributed by atoms with Crippen LogP contribution in [0.1, 0.15) is 25.0 Å². The number of aromatic amines is 1. The van der Waals surface area contributed by atoms with Gasteiger partial charge in [0.15, 0.2) is 0 Å². The highest BCUT2D eigenvalue weighted by molar-refractivity contribution is 6.29. The summed E-state index contributed by atoms with van der Waals surface area (Å²) in [6.07, 6.45) is 0. The SMILES string of the molecule is CC1(C)c2ccccc2-c2ccc(N(Cl)c3ccc(-c4ccc5[nH]c6ccccc6c5c4)cc3)cc21. The van der Waals surface area contributed by atoms with Crippen LogP contribution in [0.4, 0.5) is 11.4 Å². The minimum atomic E-state index is -0.0510. The fraction of sp³-hybridized carbons (Fsp3) is 0.0909. The third-order valence-electron chi connectivity index (χ3n) is 7.73. The smallest absolute Gasteiger partial charge is 0.0584 e. The molecule has 0 unspecified atom stereocenters. The van der Waals surface area contributed by atoms with Crippen molar-refractivity contribution in [3.05, 3.63) is 120 Å². The number of fused-ring (bicyclic) bond motifs is 6. The average molecular weight is 485 g/mol. The summed E-state index contributed by atoms with van der Waals surface area (Å²) in [5, 5.41) is 2.49. The molecule has 36 heavy (non-hydrogen) atoms. The van der Waals surface area contributed by atoms with Crippen molar-refractivity contribution in [2.45, 2.75) is 19.3 Å². The Balaban J connectivity index is 1.21. The molecule has 0 spiro atoms. The molecule has 0 aliphatic heterocycles. The number of aromatic nitrogens is 1. The molecule has 0 radical (unpaired) electrons. The Morgan fingerprint density at radius 2 is 1.25 bits per heavy atom. The molecule has 0 amide bonds. The first-order valence-corrected chi connectivity index (χ1v) is 12.7. The molecule has 3 heteroatoms. The normalized spacial score (nSPS) is 13.6. The van der Waals surface area contributed by atoms with E-state index in [-0.39, 0.29) is 5.41 Å². The van der Waals surface area contributed by atoms with E-state index in [9.17, 15) is 0 Å². The summed E-state index contributed by atoms with van der Waals surface area (Å²) < 4.78 is 1.76. The van der Waals surface area contributed by atoms with E-state index in [0.29, 0.717) is 0 Å². The summed E-state index contributed by atoms with van der Waals surface area (Å²) >= 11 is 6.89. The van der Waals surface area contributed by atoms with Gasteiger partial charge in [0.25, 0.3) is 0 Å². The standard InChI is InChI=1S/C33H25ClN2/c1-33(2)29-9-5-3-7-25(29)26-17-16-24(20-30(26)33)36(34)23-14-11-21(12-15-23)22-13-18-32-28(19-22)27-8-4-6-10-31(27)35-32/h3-20,35H,1-2H3. The highest BCUT2D eigenvalue weighted by atomic mass is 35.5. The number of anilines is 2. The molecule has 2 nitrogen and oxygen atoms in total. The van der Waals surface area contributed by atoms with E-state index < -0.39 is 0 Å². The summed E-state index contributed by atoms with van der Waals surface area (Å²) in [6.45, 7) is 4.58. The van der Waals surface area contributed by atoms with E-state index in [1.54, 1.807) is 4.42 Å². The van der Waals surface area contributed by atoms with Gasteiger partial charge in [0.05, 0.1) is 11.4 Å². The summed E-state index contributed by atoms with van der Waals surface area (Å²) in [4.78, 5) is 3.50. The van der Waals surface area contributed by atoms with Gasteiger partial charge in [-0.1, -0.05) is 80.6 Å². The Hall–Kier alpha value is -4.01. The maximum Gasteiger partial charge on any atom is 0.0584 e. The molecule has 6 aromatic rings. The topological polar surface area (TPSA) is 19.0 Å². The zero-order chi connectivity index (χ0) is 24.4. The minimum Gasteiger partial charge on any atom is -0.355 e. The molecule has 0 fully saturated rings. The molecule has 1 aromatic heterocycles. The first-order valence-electron chi connectivity index (χ1n) is 12.3. The van der Waals surface area contributed by atoms with Gasteiger partial charge >= 0.3 is 0 Å². The Bertz CT molecular complexity index is 1780. The summed E-state index contributed by atoms with van der Waals surface area (Å²) in [7, 11) is 0. The van der Waals surface area contributed by atoms with Gasteiger partial charge in [0, 0.05) is 39.0 Å². The number of halogens is 1. The van der Waals surface area contributed by atoms with Crippen LogP contribution in [-0.2, 0) is 5.41 Å². The van der Waals surface area contributed by atoms with Crippen molar-refractivity contribution in [1.82, 2.24) is 4.98 Å². The van der Waals surface area contributed by atoms with Crippen molar-refractivity contribution in [2.75, 3.05) is 4.42 Å². The van der Waals surface area contributed by atoms with Gasteiger partial charge < -0.3 is 4.98 Å². The first-order chi connectivity index (χ1) is 17.5. The van der Waals surface area contributed by atoms with Crippen LogP contribution >= 0.6 is 11.8 Å². The monoisotopic (exact) mass is 484 g/mol. The van der Waals surface area contributed by atoms with Crippen LogP contribution in [0.3, 0.4) is 0 Å². The molecule has 0 bridgehead atoms. The number of rotatable bonds is 3. The fourth-order valence-corrected chi connectivity index (χ4v) is 5.99. The van der Waals surface area contributed by atoms with Gasteiger partial charge in [0.2, 0.25) is 0 Å². The van der Waals surface area contributed by atoms with Gasteiger partial charge in [0.1, 0.15) is 0 Å². The largest absolute Gasteiger partial charge is 0.355 e. The number of hydrogen-bond donors (Lipinski definition) is 1. The lowest BCUT2D eigenvalue weighted by atomic mass is 9.82. The highest BCUT2D eigenvalue weighted by Gasteiger charge is 2.35. The lowest BCUT2D eigenvalue weighted by Gasteiger charge is -2.23. The number of para-hydroxylation sites is 1. The molecule has 1 heterocycles. The van der Waals surface area contributed by atoms with Crippen LogP contribution < -0.4 is 4.42 Å². The summed E-state index contributed by atoms with van der Waals surface area (Å²) in [5.74, 6) is 0. The molecule has 1 aliphatic carbocycles. The third kappa shape index (κ3) is 3.11. The van der Waals surface area contributed by atoms with Gasteiger partial charge in [-0.3, -0.25) is 4.42 Å². The second kappa shape index (κ2) is 7.74. The molecule has 0 saturated carbocycles. The van der Waals surface area contributed by atoms with Crippen molar-refractivity contribution in [3.8, 4) is 22.3 Å². The van der Waals surface area contributed by atoms with Crippen LogP contribution in [0.5, 0.6) is 0 Å². The number of nitrogens with one attached hydrogen (secondary N) is 1. The average Bonchev–Trinajstić information content (AvgIpc) is 3.40. The number of nitrogens with zero attached hydrogens (tertiary/aromatic N) is 1. The third-order valence-corrected chi connectivity index (χ3v) is 8.12. The van der Waals surface area contributed by atoms with Crippen LogP contribution in [-0.4, -0.2) is 4.98 Å². The zero-order valence-electron chi connectivity index (χ0n) is 20.2. The predicted octanol–water partition coefficient (Wildman–Crippen LogP) is 9.59.